The lowest BCUT2D eigenvalue weighted by Crippen LogP contribution is -2.13. The Kier molecular flexibility index (Phi) is 5.66. The standard InChI is InChI=1S/C21H24FN3O/c1-3-4-5-6-7-19(26)24-21-20(16-8-10-17(22)11-9-16)23-18-14-15(2)12-13-25(18)21/h8-14H,3-7H2,1-2H3,(H,24,26). The summed E-state index contributed by atoms with van der Waals surface area (Å²) in [5.74, 6) is 0.314. The number of carbonyl (C=O) groups is 1. The van der Waals surface area contributed by atoms with Crippen molar-refractivity contribution < 1.29 is 9.18 Å². The lowest BCUT2D eigenvalue weighted by Gasteiger charge is -2.08. The van der Waals surface area contributed by atoms with E-state index in [-0.39, 0.29) is 11.7 Å². The van der Waals surface area contributed by atoms with Crippen LogP contribution in [0.5, 0.6) is 0 Å². The van der Waals surface area contributed by atoms with Crippen molar-refractivity contribution in [1.29, 1.82) is 0 Å². The van der Waals surface area contributed by atoms with E-state index in [4.69, 9.17) is 0 Å². The summed E-state index contributed by atoms with van der Waals surface area (Å²) in [6.45, 7) is 4.15. The Morgan fingerprint density at radius 2 is 1.92 bits per heavy atom. The second-order valence-electron chi connectivity index (χ2n) is 6.61. The van der Waals surface area contributed by atoms with E-state index in [0.717, 1.165) is 42.5 Å². The number of aryl methyl sites for hydroxylation is 1. The normalized spacial score (nSPS) is 11.0. The van der Waals surface area contributed by atoms with Crippen molar-refractivity contribution in [1.82, 2.24) is 9.38 Å². The molecule has 0 aliphatic rings. The molecule has 1 N–H and O–H groups in total. The zero-order chi connectivity index (χ0) is 18.5. The van der Waals surface area contributed by atoms with E-state index in [1.54, 1.807) is 12.1 Å². The highest BCUT2D eigenvalue weighted by Gasteiger charge is 2.16. The summed E-state index contributed by atoms with van der Waals surface area (Å²) >= 11 is 0. The van der Waals surface area contributed by atoms with Gasteiger partial charge in [0.2, 0.25) is 5.91 Å². The Labute approximate surface area is 153 Å². The van der Waals surface area contributed by atoms with E-state index in [0.29, 0.717) is 17.9 Å². The van der Waals surface area contributed by atoms with Gasteiger partial charge < -0.3 is 5.32 Å². The highest BCUT2D eigenvalue weighted by atomic mass is 19.1. The summed E-state index contributed by atoms with van der Waals surface area (Å²) in [5, 5.41) is 3.01. The van der Waals surface area contributed by atoms with E-state index < -0.39 is 0 Å². The molecular weight excluding hydrogens is 329 g/mol. The van der Waals surface area contributed by atoms with Crippen molar-refractivity contribution in [2.45, 2.75) is 46.0 Å². The molecule has 0 fully saturated rings. The minimum Gasteiger partial charge on any atom is -0.310 e. The van der Waals surface area contributed by atoms with Crippen molar-refractivity contribution in [2.75, 3.05) is 5.32 Å². The number of rotatable bonds is 7. The number of hydrogen-bond acceptors (Lipinski definition) is 2. The maximum absolute atomic E-state index is 13.3. The predicted octanol–water partition coefficient (Wildman–Crippen LogP) is 5.36. The Hall–Kier alpha value is -2.69. The largest absolute Gasteiger partial charge is 0.310 e. The van der Waals surface area contributed by atoms with Crippen LogP contribution in [0.1, 0.15) is 44.6 Å². The van der Waals surface area contributed by atoms with Crippen molar-refractivity contribution in [3.63, 3.8) is 0 Å². The third-order valence-electron chi connectivity index (χ3n) is 4.41. The van der Waals surface area contributed by atoms with Gasteiger partial charge in [0.25, 0.3) is 0 Å². The number of anilines is 1. The van der Waals surface area contributed by atoms with Gasteiger partial charge in [-0.15, -0.1) is 0 Å². The van der Waals surface area contributed by atoms with Crippen LogP contribution in [-0.4, -0.2) is 15.3 Å². The number of aromatic nitrogens is 2. The van der Waals surface area contributed by atoms with Crippen LogP contribution in [0.3, 0.4) is 0 Å². The number of nitrogens with zero attached hydrogens (tertiary/aromatic N) is 2. The zero-order valence-corrected chi connectivity index (χ0v) is 15.3. The number of amides is 1. The molecule has 0 saturated heterocycles. The number of pyridine rings is 1. The summed E-state index contributed by atoms with van der Waals surface area (Å²) in [5.41, 5.74) is 3.27. The molecule has 0 saturated carbocycles. The van der Waals surface area contributed by atoms with Crippen molar-refractivity contribution in [3.8, 4) is 11.3 Å². The molecule has 2 aromatic heterocycles. The zero-order valence-electron chi connectivity index (χ0n) is 15.3. The molecule has 0 aliphatic carbocycles. The summed E-state index contributed by atoms with van der Waals surface area (Å²) < 4.78 is 15.1. The second kappa shape index (κ2) is 8.13. The number of nitrogens with one attached hydrogen (secondary N) is 1. The first-order valence-corrected chi connectivity index (χ1v) is 9.13. The van der Waals surface area contributed by atoms with E-state index in [9.17, 15) is 9.18 Å². The third kappa shape index (κ3) is 4.10. The van der Waals surface area contributed by atoms with Crippen molar-refractivity contribution >= 4 is 17.4 Å². The van der Waals surface area contributed by atoms with Crippen LogP contribution in [0.15, 0.2) is 42.6 Å². The first-order chi connectivity index (χ1) is 12.6. The summed E-state index contributed by atoms with van der Waals surface area (Å²) in [4.78, 5) is 17.1. The van der Waals surface area contributed by atoms with Gasteiger partial charge >= 0.3 is 0 Å². The second-order valence-corrected chi connectivity index (χ2v) is 6.61. The fraction of sp³-hybridized carbons (Fsp3) is 0.333. The number of halogens is 1. The molecule has 4 nitrogen and oxygen atoms in total. The Balaban J connectivity index is 1.92. The smallest absolute Gasteiger partial charge is 0.225 e. The molecule has 0 unspecified atom stereocenters. The first-order valence-electron chi connectivity index (χ1n) is 9.13. The molecule has 0 spiro atoms. The summed E-state index contributed by atoms with van der Waals surface area (Å²) in [7, 11) is 0. The topological polar surface area (TPSA) is 46.4 Å². The number of fused-ring (bicyclic) bond motifs is 1. The van der Waals surface area contributed by atoms with E-state index in [2.05, 4.69) is 17.2 Å². The minimum absolute atomic E-state index is 0.0214. The average Bonchev–Trinajstić information content (AvgIpc) is 2.97. The van der Waals surface area contributed by atoms with E-state index >= 15 is 0 Å². The third-order valence-corrected chi connectivity index (χ3v) is 4.41. The number of hydrogen-bond donors (Lipinski definition) is 1. The molecular formula is C21H24FN3O. The molecule has 0 atom stereocenters. The van der Waals surface area contributed by atoms with Crippen LogP contribution in [0.25, 0.3) is 16.9 Å². The SMILES string of the molecule is CCCCCCC(=O)Nc1c(-c2ccc(F)cc2)nc2cc(C)ccn12. The molecule has 0 bridgehead atoms. The van der Waals surface area contributed by atoms with Crippen molar-refractivity contribution in [3.05, 3.63) is 54.0 Å². The van der Waals surface area contributed by atoms with E-state index in [1.165, 1.54) is 12.1 Å². The Morgan fingerprint density at radius 1 is 1.15 bits per heavy atom. The minimum atomic E-state index is -0.296. The van der Waals surface area contributed by atoms with Crippen LogP contribution in [-0.2, 0) is 4.79 Å². The summed E-state index contributed by atoms with van der Waals surface area (Å²) in [6, 6.07) is 10.1. The van der Waals surface area contributed by atoms with Crippen molar-refractivity contribution in [2.24, 2.45) is 0 Å². The molecule has 136 valence electrons. The van der Waals surface area contributed by atoms with Crippen LogP contribution >= 0.6 is 0 Å². The van der Waals surface area contributed by atoms with Gasteiger partial charge in [-0.2, -0.15) is 0 Å². The highest BCUT2D eigenvalue weighted by molar-refractivity contribution is 5.94. The van der Waals surface area contributed by atoms with Gasteiger partial charge in [0.15, 0.2) is 0 Å². The molecule has 26 heavy (non-hydrogen) atoms. The maximum atomic E-state index is 13.3. The molecule has 0 aliphatic heterocycles. The average molecular weight is 353 g/mol. The first kappa shape index (κ1) is 18.1. The molecule has 1 aromatic carbocycles. The summed E-state index contributed by atoms with van der Waals surface area (Å²) in [6.07, 6.45) is 6.60. The molecule has 5 heteroatoms. The molecule has 0 radical (unpaired) electrons. The fourth-order valence-electron chi connectivity index (χ4n) is 2.98. The number of carbonyl (C=O) groups excluding carboxylic acids is 1. The van der Waals surface area contributed by atoms with Gasteiger partial charge in [-0.3, -0.25) is 9.20 Å². The van der Waals surface area contributed by atoms with Crippen LogP contribution in [0.4, 0.5) is 10.2 Å². The maximum Gasteiger partial charge on any atom is 0.225 e. The Bertz CT molecular complexity index is 900. The van der Waals surface area contributed by atoms with Gasteiger partial charge in [-0.05, 0) is 55.3 Å². The lowest BCUT2D eigenvalue weighted by atomic mass is 10.1. The highest BCUT2D eigenvalue weighted by Crippen LogP contribution is 2.29. The monoisotopic (exact) mass is 353 g/mol. The fourth-order valence-corrected chi connectivity index (χ4v) is 2.98. The van der Waals surface area contributed by atoms with Gasteiger partial charge in [0.05, 0.1) is 0 Å². The van der Waals surface area contributed by atoms with Crippen LogP contribution in [0, 0.1) is 12.7 Å². The van der Waals surface area contributed by atoms with Gasteiger partial charge in [0.1, 0.15) is 23.0 Å². The lowest BCUT2D eigenvalue weighted by molar-refractivity contribution is -0.116. The van der Waals surface area contributed by atoms with Crippen LogP contribution < -0.4 is 5.32 Å². The molecule has 3 rings (SSSR count). The molecule has 3 aromatic rings. The van der Waals surface area contributed by atoms with Gasteiger partial charge in [-0.25, -0.2) is 9.37 Å². The number of unbranched alkanes of at least 4 members (excludes halogenated alkanes) is 3. The predicted molar refractivity (Wildman–Crippen MR) is 103 cm³/mol. The van der Waals surface area contributed by atoms with Gasteiger partial charge in [-0.1, -0.05) is 26.2 Å². The molecule has 2 heterocycles. The number of imidazole rings is 1. The quantitative estimate of drug-likeness (QED) is 0.581. The van der Waals surface area contributed by atoms with Crippen LogP contribution in [0.2, 0.25) is 0 Å². The van der Waals surface area contributed by atoms with E-state index in [1.807, 2.05) is 29.7 Å². The Morgan fingerprint density at radius 3 is 2.65 bits per heavy atom. The molecule has 1 amide bonds. The number of benzene rings is 1. The van der Waals surface area contributed by atoms with Gasteiger partial charge in [0, 0.05) is 18.2 Å².